The lowest BCUT2D eigenvalue weighted by molar-refractivity contribution is -0.396. The van der Waals surface area contributed by atoms with E-state index in [2.05, 4.69) is 15.9 Å². The predicted octanol–water partition coefficient (Wildman–Crippen LogP) is 6.21. The molecule has 0 saturated heterocycles. The highest BCUT2D eigenvalue weighted by atomic mass is 127. The molecule has 0 aromatic heterocycles. The Morgan fingerprint density at radius 3 is 1.67 bits per heavy atom. The van der Waals surface area contributed by atoms with Crippen LogP contribution in [0.2, 0.25) is 0 Å². The van der Waals surface area contributed by atoms with Crippen LogP contribution < -0.4 is 0 Å². The van der Waals surface area contributed by atoms with Crippen molar-refractivity contribution in [1.82, 2.24) is 0 Å². The van der Waals surface area contributed by atoms with Gasteiger partial charge in [-0.15, -0.1) is 0 Å². The number of hydrogen-bond acceptors (Lipinski definition) is 0. The molecule has 0 radical (unpaired) electrons. The first-order valence-electron chi connectivity index (χ1n) is 5.61. The van der Waals surface area contributed by atoms with Crippen LogP contribution in [0.15, 0.2) is 0 Å². The molecule has 0 spiro atoms. The molecule has 0 aliphatic rings. The zero-order valence-electron chi connectivity index (χ0n) is 10.3. The van der Waals surface area contributed by atoms with E-state index in [1.165, 1.54) is 22.6 Å². The molecule has 21 heavy (non-hydrogen) atoms. The minimum Gasteiger partial charge on any atom is -0.200 e. The third kappa shape index (κ3) is 5.03. The molecule has 1 unspecified atom stereocenters. The van der Waals surface area contributed by atoms with Gasteiger partial charge in [-0.2, -0.15) is 39.5 Å². The third-order valence-corrected chi connectivity index (χ3v) is 4.21. The Bertz CT molecular complexity index is 329. The molecule has 0 nitrogen and oxygen atoms in total. The van der Waals surface area contributed by atoms with E-state index < -0.39 is 34.3 Å². The van der Waals surface area contributed by atoms with Gasteiger partial charge in [-0.05, 0) is 12.8 Å². The molecule has 0 amide bonds. The van der Waals surface area contributed by atoms with Crippen LogP contribution in [0.4, 0.5) is 39.5 Å². The number of hydrogen-bond donors (Lipinski definition) is 0. The van der Waals surface area contributed by atoms with Crippen LogP contribution >= 0.6 is 38.5 Å². The molecule has 128 valence electrons. The van der Waals surface area contributed by atoms with Gasteiger partial charge in [-0.1, -0.05) is 44.9 Å². The van der Waals surface area contributed by atoms with Crippen LogP contribution in [0, 0.1) is 0 Å². The minimum absolute atomic E-state index is 0.00934. The highest BCUT2D eigenvalue weighted by Gasteiger charge is 2.81. The second kappa shape index (κ2) is 7.43. The van der Waals surface area contributed by atoms with Crippen LogP contribution in [0.5, 0.6) is 0 Å². The zero-order chi connectivity index (χ0) is 17.1. The van der Waals surface area contributed by atoms with E-state index >= 15 is 0 Å². The highest BCUT2D eigenvalue weighted by Crippen LogP contribution is 2.54. The lowest BCUT2D eigenvalue weighted by Crippen LogP contribution is -2.61. The van der Waals surface area contributed by atoms with Gasteiger partial charge in [-0.25, -0.2) is 0 Å². The average Bonchev–Trinajstić information content (AvgIpc) is 2.26. The van der Waals surface area contributed by atoms with Gasteiger partial charge >= 0.3 is 23.9 Å². The molecule has 0 aromatic rings. The van der Waals surface area contributed by atoms with Crippen molar-refractivity contribution in [3.63, 3.8) is 0 Å². The fourth-order valence-electron chi connectivity index (χ4n) is 1.38. The van der Waals surface area contributed by atoms with Gasteiger partial charge in [0.2, 0.25) is 0 Å². The summed E-state index contributed by atoms with van der Waals surface area (Å²) in [5.41, 5.74) is 0. The summed E-state index contributed by atoms with van der Waals surface area (Å²) in [6, 6.07) is 0. The maximum absolute atomic E-state index is 13.2. The highest BCUT2D eigenvalue weighted by molar-refractivity contribution is 14.1. The summed E-state index contributed by atoms with van der Waals surface area (Å²) in [5.74, 6) is -18.8. The van der Waals surface area contributed by atoms with E-state index in [4.69, 9.17) is 0 Å². The Balaban J connectivity index is 5.03. The first-order valence-corrected chi connectivity index (χ1v) is 7.97. The summed E-state index contributed by atoms with van der Waals surface area (Å²) < 4.78 is 112. The van der Waals surface area contributed by atoms with Crippen LogP contribution in [0.1, 0.15) is 25.7 Å². The average molecular weight is 509 g/mol. The summed E-state index contributed by atoms with van der Waals surface area (Å²) in [5, 5.41) is 0.537. The van der Waals surface area contributed by atoms with Crippen molar-refractivity contribution >= 4 is 38.5 Å². The van der Waals surface area contributed by atoms with E-state index in [9.17, 15) is 39.5 Å². The smallest absolute Gasteiger partial charge is 0.200 e. The molecule has 0 N–H and O–H groups in total. The first kappa shape index (κ1) is 21.6. The Hall–Kier alpha value is 0.580. The van der Waals surface area contributed by atoms with E-state index in [-0.39, 0.29) is 6.42 Å². The van der Waals surface area contributed by atoms with Crippen LogP contribution in [0.25, 0.3) is 0 Å². The molecule has 0 rings (SSSR count). The standard InChI is InChI=1S/C10H11BrF9I/c11-4-2-1-3-6(21)5-7(12,13)8(14,15)9(16,17)10(18,19)20/h6H,1-5H2. The number of rotatable bonds is 8. The molecule has 11 heteroatoms. The van der Waals surface area contributed by atoms with Crippen molar-refractivity contribution in [3.05, 3.63) is 0 Å². The molecular weight excluding hydrogens is 498 g/mol. The SMILES string of the molecule is FC(F)(F)C(F)(F)C(F)(F)C(F)(F)CC(I)CCCCBr. The zero-order valence-corrected chi connectivity index (χ0v) is 14.0. The van der Waals surface area contributed by atoms with Gasteiger partial charge in [0.15, 0.2) is 0 Å². The van der Waals surface area contributed by atoms with Gasteiger partial charge in [-0.3, -0.25) is 0 Å². The van der Waals surface area contributed by atoms with Crippen LogP contribution in [-0.2, 0) is 0 Å². The Labute approximate surface area is 137 Å². The van der Waals surface area contributed by atoms with Crippen LogP contribution in [0.3, 0.4) is 0 Å². The second-order valence-electron chi connectivity index (χ2n) is 4.34. The molecule has 0 fully saturated rings. The van der Waals surface area contributed by atoms with Gasteiger partial charge in [0.1, 0.15) is 0 Å². The van der Waals surface area contributed by atoms with Crippen molar-refractivity contribution in [3.8, 4) is 0 Å². The topological polar surface area (TPSA) is 0 Å². The number of alkyl halides is 11. The van der Waals surface area contributed by atoms with Crippen molar-refractivity contribution in [2.75, 3.05) is 5.33 Å². The number of halogens is 11. The van der Waals surface area contributed by atoms with E-state index in [1.54, 1.807) is 0 Å². The minimum atomic E-state index is -6.80. The van der Waals surface area contributed by atoms with Crippen molar-refractivity contribution < 1.29 is 39.5 Å². The molecule has 0 bridgehead atoms. The Kier molecular flexibility index (Phi) is 7.64. The molecular formula is C10H11BrF9I. The molecule has 0 aromatic carbocycles. The van der Waals surface area contributed by atoms with Gasteiger partial charge in [0, 0.05) is 15.7 Å². The summed E-state index contributed by atoms with van der Waals surface area (Å²) in [4.78, 5) is 0. The lowest BCUT2D eigenvalue weighted by Gasteiger charge is -2.34. The predicted molar refractivity (Wildman–Crippen MR) is 71.0 cm³/mol. The molecule has 0 saturated carbocycles. The summed E-state index contributed by atoms with van der Waals surface area (Å²) in [7, 11) is 0. The van der Waals surface area contributed by atoms with Gasteiger partial charge in [0.05, 0.1) is 0 Å². The first-order chi connectivity index (χ1) is 9.20. The van der Waals surface area contributed by atoms with E-state index in [0.29, 0.717) is 18.2 Å². The maximum Gasteiger partial charge on any atom is 0.460 e. The van der Waals surface area contributed by atoms with Crippen molar-refractivity contribution in [1.29, 1.82) is 0 Å². The monoisotopic (exact) mass is 508 g/mol. The molecule has 0 aliphatic carbocycles. The quantitative estimate of drug-likeness (QED) is 0.158. The molecule has 0 aliphatic heterocycles. The van der Waals surface area contributed by atoms with Crippen LogP contribution in [-0.4, -0.2) is 33.2 Å². The second-order valence-corrected chi connectivity index (χ2v) is 6.89. The largest absolute Gasteiger partial charge is 0.460 e. The maximum atomic E-state index is 13.2. The van der Waals surface area contributed by atoms with Crippen molar-refractivity contribution in [2.45, 2.75) is 53.6 Å². The lowest BCUT2D eigenvalue weighted by atomic mass is 9.98. The fraction of sp³-hybridized carbons (Fsp3) is 1.00. The third-order valence-electron chi connectivity index (χ3n) is 2.59. The molecule has 1 atom stereocenters. The van der Waals surface area contributed by atoms with E-state index in [0.717, 1.165) is 0 Å². The summed E-state index contributed by atoms with van der Waals surface area (Å²) >= 11 is 4.39. The molecule has 0 heterocycles. The Morgan fingerprint density at radius 2 is 1.29 bits per heavy atom. The van der Waals surface area contributed by atoms with Gasteiger partial charge < -0.3 is 0 Å². The number of unbranched alkanes of at least 4 members (excludes halogenated alkanes) is 1. The normalized spacial score (nSPS) is 16.1. The van der Waals surface area contributed by atoms with Crippen molar-refractivity contribution in [2.24, 2.45) is 0 Å². The van der Waals surface area contributed by atoms with Gasteiger partial charge in [0.25, 0.3) is 0 Å². The summed E-state index contributed by atoms with van der Waals surface area (Å²) in [6.07, 6.45) is -7.60. The fourth-order valence-corrected chi connectivity index (χ4v) is 2.77. The van der Waals surface area contributed by atoms with E-state index in [1.807, 2.05) is 0 Å². The Morgan fingerprint density at radius 1 is 0.810 bits per heavy atom. The summed E-state index contributed by atoms with van der Waals surface area (Å²) in [6.45, 7) is 0.